The Hall–Kier alpha value is -2.21. The third-order valence-electron chi connectivity index (χ3n) is 11.7. The minimum Gasteiger partial charge on any atom is -0.478 e. The molecule has 0 amide bonds. The molecule has 6 nitrogen and oxygen atoms in total. The lowest BCUT2D eigenvalue weighted by Crippen LogP contribution is -2.55. The summed E-state index contributed by atoms with van der Waals surface area (Å²) in [7, 11) is 0. The number of hydrogen-bond acceptors (Lipinski definition) is 5. The molecule has 0 saturated heterocycles. The van der Waals surface area contributed by atoms with Crippen LogP contribution in [0.3, 0.4) is 0 Å². The molecule has 0 aromatic heterocycles. The van der Waals surface area contributed by atoms with Crippen molar-refractivity contribution in [3.63, 3.8) is 0 Å². The molecule has 210 valence electrons. The summed E-state index contributed by atoms with van der Waals surface area (Å²) in [4.78, 5) is 36.2. The second kappa shape index (κ2) is 9.46. The van der Waals surface area contributed by atoms with Gasteiger partial charge in [-0.2, -0.15) is 0 Å². The first-order chi connectivity index (χ1) is 17.5. The first-order valence-corrected chi connectivity index (χ1v) is 14.2. The van der Waals surface area contributed by atoms with Crippen LogP contribution in [0.25, 0.3) is 0 Å². The zero-order valence-corrected chi connectivity index (χ0v) is 24.4. The van der Waals surface area contributed by atoms with Crippen LogP contribution in [0.4, 0.5) is 0 Å². The van der Waals surface area contributed by atoms with Crippen LogP contribution < -0.4 is 0 Å². The van der Waals surface area contributed by atoms with Crippen LogP contribution in [0.15, 0.2) is 34.9 Å². The first kappa shape index (κ1) is 28.8. The lowest BCUT2D eigenvalue weighted by Gasteiger charge is -2.60. The van der Waals surface area contributed by atoms with Crippen LogP contribution in [0.2, 0.25) is 0 Å². The van der Waals surface area contributed by atoms with Gasteiger partial charge < -0.3 is 14.9 Å². The maximum absolute atomic E-state index is 12.9. The van der Waals surface area contributed by atoms with E-state index in [0.717, 1.165) is 19.3 Å². The Labute approximate surface area is 227 Å². The molecule has 0 aromatic rings. The molecule has 4 aliphatic rings. The Kier molecular flexibility index (Phi) is 7.17. The minimum atomic E-state index is -0.983. The predicted molar refractivity (Wildman–Crippen MR) is 146 cm³/mol. The maximum Gasteiger partial charge on any atom is 0.330 e. The van der Waals surface area contributed by atoms with Gasteiger partial charge in [0.05, 0.1) is 6.10 Å². The Morgan fingerprint density at radius 3 is 2.39 bits per heavy atom. The number of carbonyl (C=O) groups is 3. The highest BCUT2D eigenvalue weighted by Crippen LogP contribution is 2.71. The lowest BCUT2D eigenvalue weighted by molar-refractivity contribution is -0.151. The molecule has 0 bridgehead atoms. The molecular formula is C32H46O6. The number of carbonyl (C=O) groups excluding carboxylic acids is 2. The van der Waals surface area contributed by atoms with Crippen molar-refractivity contribution in [2.24, 2.45) is 39.4 Å². The van der Waals surface area contributed by atoms with E-state index in [2.05, 4.69) is 53.7 Å². The van der Waals surface area contributed by atoms with Crippen LogP contribution >= 0.6 is 0 Å². The van der Waals surface area contributed by atoms with Crippen molar-refractivity contribution >= 4 is 17.7 Å². The molecule has 0 heterocycles. The molecule has 0 aliphatic heterocycles. The van der Waals surface area contributed by atoms with E-state index in [0.29, 0.717) is 25.0 Å². The number of allylic oxidation sites excluding steroid dienone is 3. The monoisotopic (exact) mass is 526 g/mol. The van der Waals surface area contributed by atoms with Crippen LogP contribution in [0.5, 0.6) is 0 Å². The minimum absolute atomic E-state index is 0.0685. The molecular weight excluding hydrogens is 480 g/mol. The smallest absolute Gasteiger partial charge is 0.330 e. The topological polar surface area (TPSA) is 101 Å². The number of ether oxygens (including phenoxy) is 1. The zero-order valence-electron chi connectivity index (χ0n) is 24.4. The summed E-state index contributed by atoms with van der Waals surface area (Å²) in [6, 6.07) is 0. The fraction of sp³-hybridized carbons (Fsp3) is 0.719. The number of Topliss-reactive ketones (excluding diaryl/α,β-unsaturated/α-hetero) is 1. The summed E-state index contributed by atoms with van der Waals surface area (Å²) in [5.74, 6) is -0.786. The van der Waals surface area contributed by atoms with Gasteiger partial charge in [-0.1, -0.05) is 59.8 Å². The maximum atomic E-state index is 12.9. The summed E-state index contributed by atoms with van der Waals surface area (Å²) in [5, 5.41) is 21.1. The number of carboxylic acids is 1. The molecule has 4 rings (SSSR count). The molecule has 4 aliphatic carbocycles. The number of aliphatic hydroxyl groups is 1. The van der Waals surface area contributed by atoms with Crippen LogP contribution in [-0.2, 0) is 19.1 Å². The summed E-state index contributed by atoms with van der Waals surface area (Å²) in [5.41, 5.74) is 1.57. The Balaban J connectivity index is 1.72. The normalized spacial score (nSPS) is 39.7. The molecule has 38 heavy (non-hydrogen) atoms. The SMILES string of the molecule is CC(=O)O[C@@H](CC=C(C)C(=O)O)[C@@H](C)[C@H]1C[C@H](O)[C@@]2(C)C3=CC[C@H]4C(C)(C)C(=O)CC[C@]4(C)C3=CC[C@]12C. The molecule has 2 N–H and O–H groups in total. The predicted octanol–water partition coefficient (Wildman–Crippen LogP) is 6.04. The summed E-state index contributed by atoms with van der Waals surface area (Å²) < 4.78 is 5.75. The van der Waals surface area contributed by atoms with Crippen molar-refractivity contribution in [2.75, 3.05) is 0 Å². The number of fused-ring (bicyclic) bond motifs is 5. The number of ketones is 1. The average Bonchev–Trinajstić information content (AvgIpc) is 3.04. The molecule has 0 aromatic carbocycles. The van der Waals surface area contributed by atoms with Gasteiger partial charge in [0.2, 0.25) is 0 Å². The van der Waals surface area contributed by atoms with E-state index < -0.39 is 23.6 Å². The molecule has 0 unspecified atom stereocenters. The van der Waals surface area contributed by atoms with Gasteiger partial charge in [-0.15, -0.1) is 0 Å². The Morgan fingerprint density at radius 1 is 1.13 bits per heavy atom. The van der Waals surface area contributed by atoms with Gasteiger partial charge in [-0.05, 0) is 72.3 Å². The van der Waals surface area contributed by atoms with Crippen LogP contribution in [-0.4, -0.2) is 40.1 Å². The highest BCUT2D eigenvalue weighted by atomic mass is 16.5. The first-order valence-electron chi connectivity index (χ1n) is 14.2. The van der Waals surface area contributed by atoms with Crippen LogP contribution in [0.1, 0.15) is 93.9 Å². The van der Waals surface area contributed by atoms with E-state index in [1.54, 1.807) is 13.0 Å². The summed E-state index contributed by atoms with van der Waals surface area (Å²) in [6.45, 7) is 16.0. The van der Waals surface area contributed by atoms with Crippen LogP contribution in [0, 0.1) is 39.4 Å². The number of esters is 1. The van der Waals surface area contributed by atoms with Crippen molar-refractivity contribution in [3.05, 3.63) is 34.9 Å². The zero-order chi connectivity index (χ0) is 28.4. The molecule has 8 atom stereocenters. The van der Waals surface area contributed by atoms with E-state index in [1.807, 2.05) is 0 Å². The Morgan fingerprint density at radius 2 is 1.79 bits per heavy atom. The summed E-state index contributed by atoms with van der Waals surface area (Å²) in [6.07, 6.45) is 9.29. The van der Waals surface area contributed by atoms with Gasteiger partial charge in [0.1, 0.15) is 11.9 Å². The fourth-order valence-corrected chi connectivity index (χ4v) is 8.91. The largest absolute Gasteiger partial charge is 0.478 e. The van der Waals surface area contributed by atoms with E-state index >= 15 is 0 Å². The molecule has 2 fully saturated rings. The second-order valence-corrected chi connectivity index (χ2v) is 13.7. The third kappa shape index (κ3) is 4.04. The van der Waals surface area contributed by atoms with Crippen molar-refractivity contribution < 1.29 is 29.3 Å². The third-order valence-corrected chi connectivity index (χ3v) is 11.7. The van der Waals surface area contributed by atoms with Gasteiger partial charge in [-0.3, -0.25) is 9.59 Å². The Bertz CT molecular complexity index is 1130. The highest BCUT2D eigenvalue weighted by Gasteiger charge is 2.66. The standard InChI is InChI=1S/C32H46O6/c1-18(28(36)37)9-11-24(38-20(3)33)19(2)23-17-27(35)32(8)22-10-12-25-29(4,5)26(34)14-15-30(25,6)21(22)13-16-31(23,32)7/h9-10,13,19,23-25,27,35H,11-12,14-17H2,1-8H3,(H,36,37)/t19-,23+,24-,25-,27-,30+,31+,32+/m0/s1. The van der Waals surface area contributed by atoms with Gasteiger partial charge in [0.25, 0.3) is 0 Å². The van der Waals surface area contributed by atoms with Gasteiger partial charge in [-0.25, -0.2) is 4.79 Å². The van der Waals surface area contributed by atoms with E-state index in [9.17, 15) is 24.6 Å². The van der Waals surface area contributed by atoms with Crippen molar-refractivity contribution in [3.8, 4) is 0 Å². The number of rotatable bonds is 6. The van der Waals surface area contributed by atoms with Crippen molar-refractivity contribution in [2.45, 2.75) is 106 Å². The second-order valence-electron chi connectivity index (χ2n) is 13.7. The molecule has 0 spiro atoms. The van der Waals surface area contributed by atoms with Crippen molar-refractivity contribution in [1.29, 1.82) is 0 Å². The van der Waals surface area contributed by atoms with E-state index in [1.165, 1.54) is 18.1 Å². The molecule has 2 saturated carbocycles. The van der Waals surface area contributed by atoms with E-state index in [4.69, 9.17) is 4.74 Å². The fourth-order valence-electron chi connectivity index (χ4n) is 8.91. The number of aliphatic hydroxyl groups excluding tert-OH is 1. The number of aliphatic carboxylic acids is 1. The van der Waals surface area contributed by atoms with E-state index in [-0.39, 0.29) is 45.5 Å². The van der Waals surface area contributed by atoms with Crippen molar-refractivity contribution in [1.82, 2.24) is 0 Å². The summed E-state index contributed by atoms with van der Waals surface area (Å²) >= 11 is 0. The number of hydrogen-bond donors (Lipinski definition) is 2. The molecule has 6 heteroatoms. The lowest BCUT2D eigenvalue weighted by atomic mass is 9.44. The quantitative estimate of drug-likeness (QED) is 0.323. The number of carboxylic acid groups (broad SMARTS) is 1. The van der Waals surface area contributed by atoms with Gasteiger partial charge in [0, 0.05) is 36.2 Å². The molecule has 0 radical (unpaired) electrons. The van der Waals surface area contributed by atoms with Gasteiger partial charge >= 0.3 is 11.9 Å². The van der Waals surface area contributed by atoms with Gasteiger partial charge in [0.15, 0.2) is 0 Å². The average molecular weight is 527 g/mol. The highest BCUT2D eigenvalue weighted by molar-refractivity contribution is 5.86.